The van der Waals surface area contributed by atoms with Crippen LogP contribution in [0.15, 0.2) is 53.6 Å². The van der Waals surface area contributed by atoms with E-state index >= 15 is 0 Å². The van der Waals surface area contributed by atoms with Gasteiger partial charge in [-0.3, -0.25) is 4.79 Å². The van der Waals surface area contributed by atoms with Crippen LogP contribution >= 0.6 is 0 Å². The van der Waals surface area contributed by atoms with Crippen molar-refractivity contribution in [2.75, 3.05) is 0 Å². The highest BCUT2D eigenvalue weighted by atomic mass is 19.1. The topological polar surface area (TPSA) is 59.0 Å². The van der Waals surface area contributed by atoms with Crippen LogP contribution in [0.3, 0.4) is 0 Å². The molecule has 0 radical (unpaired) electrons. The number of amides is 1. The Labute approximate surface area is 144 Å². The SMILES string of the molecule is CC(=O)N1N=C(C)CC1c1ccccc1OC(=O)c1ccccc1F. The largest absolute Gasteiger partial charge is 0.422 e. The minimum Gasteiger partial charge on any atom is -0.422 e. The molecule has 1 unspecified atom stereocenters. The third kappa shape index (κ3) is 3.42. The summed E-state index contributed by atoms with van der Waals surface area (Å²) < 4.78 is 19.2. The van der Waals surface area contributed by atoms with Gasteiger partial charge >= 0.3 is 5.97 Å². The van der Waals surface area contributed by atoms with Gasteiger partial charge in [-0.15, -0.1) is 0 Å². The number of hydrazone groups is 1. The number of esters is 1. The lowest BCUT2D eigenvalue weighted by Crippen LogP contribution is -2.25. The first kappa shape index (κ1) is 16.8. The first-order chi connectivity index (χ1) is 12.0. The first-order valence-electron chi connectivity index (χ1n) is 7.87. The Hall–Kier alpha value is -3.02. The van der Waals surface area contributed by atoms with Crippen LogP contribution in [-0.4, -0.2) is 22.6 Å². The summed E-state index contributed by atoms with van der Waals surface area (Å²) in [6.45, 7) is 3.27. The molecule has 0 N–H and O–H groups in total. The molecular weight excluding hydrogens is 323 g/mol. The van der Waals surface area contributed by atoms with Gasteiger partial charge in [0, 0.05) is 24.6 Å². The van der Waals surface area contributed by atoms with Gasteiger partial charge in [-0.2, -0.15) is 5.10 Å². The van der Waals surface area contributed by atoms with Crippen molar-refractivity contribution in [2.24, 2.45) is 5.10 Å². The van der Waals surface area contributed by atoms with Crippen molar-refractivity contribution in [3.8, 4) is 5.75 Å². The van der Waals surface area contributed by atoms with E-state index in [9.17, 15) is 14.0 Å². The van der Waals surface area contributed by atoms with Gasteiger partial charge in [0.1, 0.15) is 11.6 Å². The molecule has 25 heavy (non-hydrogen) atoms. The third-order valence-corrected chi connectivity index (χ3v) is 3.96. The maximum Gasteiger partial charge on any atom is 0.346 e. The molecule has 0 fully saturated rings. The molecule has 0 saturated carbocycles. The van der Waals surface area contributed by atoms with Crippen LogP contribution in [0.4, 0.5) is 4.39 Å². The van der Waals surface area contributed by atoms with Gasteiger partial charge in [0.25, 0.3) is 0 Å². The Morgan fingerprint density at radius 2 is 1.84 bits per heavy atom. The minimum atomic E-state index is -0.782. The van der Waals surface area contributed by atoms with E-state index in [1.54, 1.807) is 30.3 Å². The highest BCUT2D eigenvalue weighted by Crippen LogP contribution is 2.36. The van der Waals surface area contributed by atoms with E-state index in [0.717, 1.165) is 5.71 Å². The molecule has 0 bridgehead atoms. The monoisotopic (exact) mass is 340 g/mol. The standard InChI is InChI=1S/C19H17FN2O3/c1-12-11-17(22(21-12)13(2)23)15-8-4-6-10-18(15)25-19(24)14-7-3-5-9-16(14)20/h3-10,17H,11H2,1-2H3. The molecule has 0 saturated heterocycles. The van der Waals surface area contributed by atoms with Gasteiger partial charge in [-0.1, -0.05) is 30.3 Å². The average Bonchev–Trinajstić information content (AvgIpc) is 2.97. The van der Waals surface area contributed by atoms with Crippen molar-refractivity contribution in [2.45, 2.75) is 26.3 Å². The summed E-state index contributed by atoms with van der Waals surface area (Å²) in [5, 5.41) is 5.62. The van der Waals surface area contributed by atoms with E-state index in [-0.39, 0.29) is 23.3 Å². The summed E-state index contributed by atoms with van der Waals surface area (Å²) in [5.74, 6) is -1.33. The number of para-hydroxylation sites is 1. The molecular formula is C19H17FN2O3. The lowest BCUT2D eigenvalue weighted by molar-refractivity contribution is -0.130. The summed E-state index contributed by atoms with van der Waals surface area (Å²) in [5.41, 5.74) is 1.33. The highest BCUT2D eigenvalue weighted by Gasteiger charge is 2.31. The number of hydrogen-bond donors (Lipinski definition) is 0. The summed E-state index contributed by atoms with van der Waals surface area (Å²) >= 11 is 0. The second-order valence-electron chi connectivity index (χ2n) is 5.83. The molecule has 1 heterocycles. The maximum absolute atomic E-state index is 13.8. The number of nitrogens with zero attached hydrogens (tertiary/aromatic N) is 2. The molecule has 128 valence electrons. The van der Waals surface area contributed by atoms with Gasteiger partial charge in [0.05, 0.1) is 11.6 Å². The minimum absolute atomic E-state index is 0.139. The Morgan fingerprint density at radius 3 is 2.56 bits per heavy atom. The van der Waals surface area contributed by atoms with E-state index in [0.29, 0.717) is 12.0 Å². The number of ether oxygens (including phenoxy) is 1. The third-order valence-electron chi connectivity index (χ3n) is 3.96. The lowest BCUT2D eigenvalue weighted by Gasteiger charge is -2.22. The van der Waals surface area contributed by atoms with Crippen LogP contribution in [0.25, 0.3) is 0 Å². The van der Waals surface area contributed by atoms with Crippen molar-refractivity contribution in [1.29, 1.82) is 0 Å². The summed E-state index contributed by atoms with van der Waals surface area (Å²) in [6, 6.07) is 12.2. The molecule has 2 aromatic rings. The van der Waals surface area contributed by atoms with Crippen molar-refractivity contribution in [1.82, 2.24) is 5.01 Å². The molecule has 0 aliphatic carbocycles. The number of halogens is 1. The Bertz CT molecular complexity index is 863. The number of carbonyl (C=O) groups excluding carboxylic acids is 2. The van der Waals surface area contributed by atoms with E-state index in [2.05, 4.69) is 5.10 Å². The number of carbonyl (C=O) groups is 2. The molecule has 1 amide bonds. The fraction of sp³-hybridized carbons (Fsp3) is 0.211. The molecule has 1 atom stereocenters. The number of hydrogen-bond acceptors (Lipinski definition) is 4. The highest BCUT2D eigenvalue weighted by molar-refractivity contribution is 5.92. The van der Waals surface area contributed by atoms with E-state index in [4.69, 9.17) is 4.74 Å². The van der Waals surface area contributed by atoms with Gasteiger partial charge in [0.2, 0.25) is 5.91 Å². The molecule has 5 nitrogen and oxygen atoms in total. The fourth-order valence-electron chi connectivity index (χ4n) is 2.82. The summed E-state index contributed by atoms with van der Waals surface area (Å²) in [6.07, 6.45) is 0.549. The molecule has 3 rings (SSSR count). The van der Waals surface area contributed by atoms with E-state index < -0.39 is 11.8 Å². The maximum atomic E-state index is 13.8. The van der Waals surface area contributed by atoms with E-state index in [1.807, 2.05) is 6.92 Å². The predicted molar refractivity (Wildman–Crippen MR) is 90.8 cm³/mol. The van der Waals surface area contributed by atoms with E-state index in [1.165, 1.54) is 30.1 Å². The quantitative estimate of drug-likeness (QED) is 0.632. The Balaban J connectivity index is 1.91. The normalized spacial score (nSPS) is 16.5. The fourth-order valence-corrected chi connectivity index (χ4v) is 2.82. The summed E-state index contributed by atoms with van der Waals surface area (Å²) in [4.78, 5) is 24.1. The summed E-state index contributed by atoms with van der Waals surface area (Å²) in [7, 11) is 0. The van der Waals surface area contributed by atoms with Gasteiger partial charge in [-0.25, -0.2) is 14.2 Å². The Kier molecular flexibility index (Phi) is 4.61. The molecule has 0 spiro atoms. The molecule has 1 aliphatic rings. The smallest absolute Gasteiger partial charge is 0.346 e. The van der Waals surface area contributed by atoms with Crippen molar-refractivity contribution in [3.05, 3.63) is 65.5 Å². The molecule has 6 heteroatoms. The van der Waals surface area contributed by atoms with Crippen LogP contribution in [-0.2, 0) is 4.79 Å². The zero-order valence-electron chi connectivity index (χ0n) is 13.9. The van der Waals surface area contributed by atoms with Gasteiger partial charge < -0.3 is 4.74 Å². The second-order valence-corrected chi connectivity index (χ2v) is 5.83. The van der Waals surface area contributed by atoms with Crippen LogP contribution < -0.4 is 4.74 Å². The van der Waals surface area contributed by atoms with Crippen molar-refractivity contribution < 1.29 is 18.7 Å². The van der Waals surface area contributed by atoms with Crippen molar-refractivity contribution in [3.63, 3.8) is 0 Å². The van der Waals surface area contributed by atoms with Gasteiger partial charge in [0.15, 0.2) is 0 Å². The van der Waals surface area contributed by atoms with Crippen LogP contribution in [0.1, 0.15) is 42.2 Å². The van der Waals surface area contributed by atoms with Gasteiger partial charge in [-0.05, 0) is 25.1 Å². The van der Waals surface area contributed by atoms with Crippen LogP contribution in [0, 0.1) is 5.82 Å². The second kappa shape index (κ2) is 6.84. The number of rotatable bonds is 3. The van der Waals surface area contributed by atoms with Crippen LogP contribution in [0.2, 0.25) is 0 Å². The van der Waals surface area contributed by atoms with Crippen molar-refractivity contribution >= 4 is 17.6 Å². The molecule has 0 aromatic heterocycles. The molecule has 2 aromatic carbocycles. The predicted octanol–water partition coefficient (Wildman–Crippen LogP) is 3.71. The number of benzene rings is 2. The zero-order valence-corrected chi connectivity index (χ0v) is 13.9. The van der Waals surface area contributed by atoms with Crippen LogP contribution in [0.5, 0.6) is 5.75 Å². The Morgan fingerprint density at radius 1 is 1.16 bits per heavy atom. The lowest BCUT2D eigenvalue weighted by atomic mass is 10.0. The molecule has 1 aliphatic heterocycles. The average molecular weight is 340 g/mol. The first-order valence-corrected chi connectivity index (χ1v) is 7.87. The zero-order chi connectivity index (χ0) is 18.0.